The highest BCUT2D eigenvalue weighted by atomic mass is 14.6. The van der Waals surface area contributed by atoms with E-state index in [-0.39, 0.29) is 6.04 Å². The summed E-state index contributed by atoms with van der Waals surface area (Å²) in [7, 11) is 0. The van der Waals surface area contributed by atoms with Gasteiger partial charge in [-0.1, -0.05) is 61.9 Å². The molecule has 0 bridgehead atoms. The molecule has 0 saturated heterocycles. The first-order valence-electron chi connectivity index (χ1n) is 7.86. The van der Waals surface area contributed by atoms with E-state index in [1.165, 1.54) is 27.8 Å². The molecule has 2 aromatic rings. The van der Waals surface area contributed by atoms with Crippen molar-refractivity contribution in [2.24, 2.45) is 11.7 Å². The average molecular weight is 281 g/mol. The average Bonchev–Trinajstić information content (AvgIpc) is 2.43. The Labute approximate surface area is 129 Å². The fraction of sp³-hybridized carbons (Fsp3) is 0.400. The van der Waals surface area contributed by atoms with Crippen molar-refractivity contribution < 1.29 is 0 Å². The van der Waals surface area contributed by atoms with Gasteiger partial charge in [0.25, 0.3) is 0 Å². The van der Waals surface area contributed by atoms with E-state index < -0.39 is 0 Å². The lowest BCUT2D eigenvalue weighted by Crippen LogP contribution is -2.14. The van der Waals surface area contributed by atoms with E-state index in [2.05, 4.69) is 70.2 Å². The molecular formula is C20H27N. The van der Waals surface area contributed by atoms with Crippen molar-refractivity contribution in [3.63, 3.8) is 0 Å². The molecule has 0 heterocycles. The molecule has 0 aliphatic rings. The van der Waals surface area contributed by atoms with Crippen molar-refractivity contribution in [1.82, 2.24) is 0 Å². The van der Waals surface area contributed by atoms with Crippen LogP contribution >= 0.6 is 0 Å². The van der Waals surface area contributed by atoms with Crippen molar-refractivity contribution in [3.8, 4) is 0 Å². The fourth-order valence-corrected chi connectivity index (χ4v) is 2.75. The molecule has 1 nitrogen and oxygen atoms in total. The van der Waals surface area contributed by atoms with Gasteiger partial charge in [-0.3, -0.25) is 0 Å². The highest BCUT2D eigenvalue weighted by Gasteiger charge is 2.09. The molecule has 0 saturated carbocycles. The summed E-state index contributed by atoms with van der Waals surface area (Å²) < 4.78 is 0. The SMILES string of the molecule is Cc1ccc(C)c(CC(N)c2ccc(CC(C)C)cc2)c1. The Balaban J connectivity index is 2.09. The van der Waals surface area contributed by atoms with Gasteiger partial charge >= 0.3 is 0 Å². The first kappa shape index (κ1) is 15.8. The van der Waals surface area contributed by atoms with Crippen molar-refractivity contribution >= 4 is 0 Å². The third kappa shape index (κ3) is 4.44. The van der Waals surface area contributed by atoms with Gasteiger partial charge < -0.3 is 5.73 Å². The van der Waals surface area contributed by atoms with Crippen molar-refractivity contribution in [2.45, 2.75) is 46.6 Å². The summed E-state index contributed by atoms with van der Waals surface area (Å²) in [6.07, 6.45) is 2.03. The molecule has 0 radical (unpaired) electrons. The third-order valence-corrected chi connectivity index (χ3v) is 4.00. The van der Waals surface area contributed by atoms with Crippen LogP contribution in [0.1, 0.15) is 47.7 Å². The van der Waals surface area contributed by atoms with Crippen LogP contribution < -0.4 is 5.73 Å². The zero-order valence-corrected chi connectivity index (χ0v) is 13.7. The van der Waals surface area contributed by atoms with Crippen molar-refractivity contribution in [3.05, 3.63) is 70.3 Å². The summed E-state index contributed by atoms with van der Waals surface area (Å²) in [5.74, 6) is 0.694. The highest BCUT2D eigenvalue weighted by molar-refractivity contribution is 5.33. The first-order chi connectivity index (χ1) is 9.95. The molecule has 112 valence electrons. The van der Waals surface area contributed by atoms with E-state index in [9.17, 15) is 0 Å². The fourth-order valence-electron chi connectivity index (χ4n) is 2.75. The zero-order chi connectivity index (χ0) is 15.4. The Bertz CT molecular complexity index is 581. The predicted molar refractivity (Wildman–Crippen MR) is 91.5 cm³/mol. The van der Waals surface area contributed by atoms with Gasteiger partial charge in [-0.25, -0.2) is 0 Å². The van der Waals surface area contributed by atoms with Crippen LogP contribution in [0.5, 0.6) is 0 Å². The van der Waals surface area contributed by atoms with E-state index >= 15 is 0 Å². The van der Waals surface area contributed by atoms with Gasteiger partial charge in [0.05, 0.1) is 0 Å². The van der Waals surface area contributed by atoms with Gasteiger partial charge in [0, 0.05) is 6.04 Å². The molecule has 21 heavy (non-hydrogen) atoms. The van der Waals surface area contributed by atoms with Crippen LogP contribution in [0.3, 0.4) is 0 Å². The van der Waals surface area contributed by atoms with Gasteiger partial charge in [0.2, 0.25) is 0 Å². The molecule has 2 aromatic carbocycles. The number of nitrogens with two attached hydrogens (primary N) is 1. The van der Waals surface area contributed by atoms with Gasteiger partial charge in [-0.05, 0) is 54.9 Å². The van der Waals surface area contributed by atoms with Crippen LogP contribution in [-0.4, -0.2) is 0 Å². The maximum Gasteiger partial charge on any atom is 0.0335 e. The summed E-state index contributed by atoms with van der Waals surface area (Å²) in [4.78, 5) is 0. The molecule has 2 rings (SSSR count). The molecule has 1 unspecified atom stereocenters. The lowest BCUT2D eigenvalue weighted by atomic mass is 9.94. The van der Waals surface area contributed by atoms with E-state index in [0.717, 1.165) is 12.8 Å². The molecule has 2 N–H and O–H groups in total. The summed E-state index contributed by atoms with van der Waals surface area (Å²) in [5, 5.41) is 0. The van der Waals surface area contributed by atoms with Crippen LogP contribution in [0.2, 0.25) is 0 Å². The highest BCUT2D eigenvalue weighted by Crippen LogP contribution is 2.20. The monoisotopic (exact) mass is 281 g/mol. The summed E-state index contributed by atoms with van der Waals surface area (Å²) in [5.41, 5.74) is 13.0. The topological polar surface area (TPSA) is 26.0 Å². The molecule has 0 amide bonds. The van der Waals surface area contributed by atoms with Crippen LogP contribution in [0.15, 0.2) is 42.5 Å². The van der Waals surface area contributed by atoms with E-state index in [1.807, 2.05) is 0 Å². The van der Waals surface area contributed by atoms with Crippen LogP contribution in [-0.2, 0) is 12.8 Å². The summed E-state index contributed by atoms with van der Waals surface area (Å²) in [6.45, 7) is 8.79. The number of hydrogen-bond donors (Lipinski definition) is 1. The minimum atomic E-state index is 0.0681. The normalized spacial score (nSPS) is 12.7. The van der Waals surface area contributed by atoms with Crippen LogP contribution in [0.25, 0.3) is 0 Å². The van der Waals surface area contributed by atoms with Crippen molar-refractivity contribution in [2.75, 3.05) is 0 Å². The Hall–Kier alpha value is -1.60. The van der Waals surface area contributed by atoms with E-state index in [4.69, 9.17) is 5.73 Å². The second-order valence-electron chi connectivity index (χ2n) is 6.58. The standard InChI is InChI=1S/C20H27N/c1-14(2)11-17-7-9-18(10-8-17)20(21)13-19-12-15(3)5-6-16(19)4/h5-10,12,14,20H,11,13,21H2,1-4H3. The minimum absolute atomic E-state index is 0.0681. The van der Waals surface area contributed by atoms with Gasteiger partial charge in [0.15, 0.2) is 0 Å². The number of hydrogen-bond acceptors (Lipinski definition) is 1. The minimum Gasteiger partial charge on any atom is -0.324 e. The molecule has 1 atom stereocenters. The van der Waals surface area contributed by atoms with Crippen LogP contribution in [0, 0.1) is 19.8 Å². The molecule has 0 aliphatic heterocycles. The quantitative estimate of drug-likeness (QED) is 0.841. The summed E-state index contributed by atoms with van der Waals surface area (Å²) >= 11 is 0. The predicted octanol–water partition coefficient (Wildman–Crippen LogP) is 4.74. The smallest absolute Gasteiger partial charge is 0.0335 e. The second kappa shape index (κ2) is 6.91. The Morgan fingerprint density at radius 3 is 2.19 bits per heavy atom. The van der Waals surface area contributed by atoms with E-state index in [1.54, 1.807) is 0 Å². The molecule has 0 spiro atoms. The lowest BCUT2D eigenvalue weighted by molar-refractivity contribution is 0.646. The van der Waals surface area contributed by atoms with Gasteiger partial charge in [-0.2, -0.15) is 0 Å². The Kier molecular flexibility index (Phi) is 5.19. The summed E-state index contributed by atoms with van der Waals surface area (Å²) in [6, 6.07) is 15.5. The lowest BCUT2D eigenvalue weighted by Gasteiger charge is -2.15. The maximum absolute atomic E-state index is 6.40. The zero-order valence-electron chi connectivity index (χ0n) is 13.7. The Morgan fingerprint density at radius 1 is 0.905 bits per heavy atom. The number of benzene rings is 2. The maximum atomic E-state index is 6.40. The molecular weight excluding hydrogens is 254 g/mol. The van der Waals surface area contributed by atoms with Gasteiger partial charge in [0.1, 0.15) is 0 Å². The first-order valence-corrected chi connectivity index (χ1v) is 7.86. The number of aryl methyl sites for hydroxylation is 2. The van der Waals surface area contributed by atoms with Crippen molar-refractivity contribution in [1.29, 1.82) is 0 Å². The molecule has 0 aromatic heterocycles. The van der Waals surface area contributed by atoms with Crippen LogP contribution in [0.4, 0.5) is 0 Å². The molecule has 1 heteroatoms. The van der Waals surface area contributed by atoms with E-state index in [0.29, 0.717) is 5.92 Å². The molecule has 0 aliphatic carbocycles. The van der Waals surface area contributed by atoms with Gasteiger partial charge in [-0.15, -0.1) is 0 Å². The molecule has 0 fully saturated rings. The largest absolute Gasteiger partial charge is 0.324 e. The Morgan fingerprint density at radius 2 is 1.57 bits per heavy atom. The number of rotatable bonds is 5. The third-order valence-electron chi connectivity index (χ3n) is 4.00. The second-order valence-corrected chi connectivity index (χ2v) is 6.58.